The normalized spacial score (nSPS) is 12.7. The zero-order valence-corrected chi connectivity index (χ0v) is 11.8. The van der Waals surface area contributed by atoms with Crippen molar-refractivity contribution in [1.29, 1.82) is 0 Å². The summed E-state index contributed by atoms with van der Waals surface area (Å²) in [5.41, 5.74) is 1.71. The third kappa shape index (κ3) is 2.85. The van der Waals surface area contributed by atoms with Gasteiger partial charge in [0, 0.05) is 6.07 Å². The lowest BCUT2D eigenvalue weighted by molar-refractivity contribution is 0.555. The summed E-state index contributed by atoms with van der Waals surface area (Å²) in [6.45, 7) is 6.76. The first-order chi connectivity index (χ1) is 9.54. The summed E-state index contributed by atoms with van der Waals surface area (Å²) in [5.74, 6) is -1.26. The lowest BCUT2D eigenvalue weighted by Crippen LogP contribution is -2.20. The number of hydrogen-bond acceptors (Lipinski definition) is 3. The first-order valence-electron chi connectivity index (χ1n) is 6.65. The lowest BCUT2D eigenvalue weighted by atomic mass is 10.2. The zero-order valence-electron chi connectivity index (χ0n) is 11.8. The van der Waals surface area contributed by atoms with Gasteiger partial charge in [-0.05, 0) is 38.9 Å². The molecule has 1 N–H and O–H groups in total. The number of nitrogens with one attached hydrogen (secondary N) is 1. The molecule has 2 rings (SSSR count). The van der Waals surface area contributed by atoms with Gasteiger partial charge in [0.15, 0.2) is 5.82 Å². The minimum atomic E-state index is -0.654. The van der Waals surface area contributed by atoms with Crippen molar-refractivity contribution in [2.24, 2.45) is 0 Å². The Morgan fingerprint density at radius 2 is 2.10 bits per heavy atom. The molecule has 1 heterocycles. The van der Waals surface area contributed by atoms with E-state index in [0.717, 1.165) is 30.4 Å². The van der Waals surface area contributed by atoms with E-state index in [9.17, 15) is 8.78 Å². The van der Waals surface area contributed by atoms with Crippen molar-refractivity contribution in [2.45, 2.75) is 33.2 Å². The molecule has 0 saturated carbocycles. The number of aromatic nitrogens is 3. The topological polar surface area (TPSA) is 42.7 Å². The first-order valence-corrected chi connectivity index (χ1v) is 6.65. The Morgan fingerprint density at radius 1 is 1.35 bits per heavy atom. The SMILES string of the molecule is CCCNC(C)c1nnn(-c2ccc(F)cc2F)c1C. The van der Waals surface area contributed by atoms with E-state index >= 15 is 0 Å². The Labute approximate surface area is 116 Å². The van der Waals surface area contributed by atoms with Crippen LogP contribution in [0.1, 0.15) is 37.7 Å². The fourth-order valence-electron chi connectivity index (χ4n) is 2.08. The molecule has 0 spiro atoms. The van der Waals surface area contributed by atoms with Gasteiger partial charge in [-0.25, -0.2) is 13.5 Å². The molecule has 6 heteroatoms. The monoisotopic (exact) mass is 280 g/mol. The van der Waals surface area contributed by atoms with Crippen LogP contribution < -0.4 is 5.32 Å². The standard InChI is InChI=1S/C14H18F2N4/c1-4-7-17-9(2)14-10(3)20(19-18-14)13-6-5-11(15)8-12(13)16/h5-6,8-9,17H,4,7H2,1-3H3. The molecule has 0 aliphatic heterocycles. The molecule has 20 heavy (non-hydrogen) atoms. The summed E-state index contributed by atoms with van der Waals surface area (Å²) in [6.07, 6.45) is 1.02. The quantitative estimate of drug-likeness (QED) is 0.915. The Balaban J connectivity index is 2.33. The maximum absolute atomic E-state index is 13.8. The highest BCUT2D eigenvalue weighted by molar-refractivity contribution is 5.35. The van der Waals surface area contributed by atoms with Gasteiger partial charge in [-0.15, -0.1) is 5.10 Å². The van der Waals surface area contributed by atoms with Crippen molar-refractivity contribution in [3.8, 4) is 5.69 Å². The van der Waals surface area contributed by atoms with Crippen LogP contribution >= 0.6 is 0 Å². The van der Waals surface area contributed by atoms with Gasteiger partial charge >= 0.3 is 0 Å². The van der Waals surface area contributed by atoms with Gasteiger partial charge < -0.3 is 5.32 Å². The van der Waals surface area contributed by atoms with Crippen LogP contribution in [0.2, 0.25) is 0 Å². The van der Waals surface area contributed by atoms with Crippen LogP contribution in [0.15, 0.2) is 18.2 Å². The Hall–Kier alpha value is -1.82. The van der Waals surface area contributed by atoms with Crippen LogP contribution in [0.3, 0.4) is 0 Å². The van der Waals surface area contributed by atoms with Gasteiger partial charge in [0.1, 0.15) is 17.2 Å². The Bertz CT molecular complexity index is 595. The molecule has 1 atom stereocenters. The molecule has 108 valence electrons. The predicted octanol–water partition coefficient (Wildman–Crippen LogP) is 2.91. The molecule has 0 saturated heterocycles. The minimum absolute atomic E-state index is 0.0345. The molecule has 0 aliphatic rings. The van der Waals surface area contributed by atoms with E-state index < -0.39 is 11.6 Å². The summed E-state index contributed by atoms with van der Waals surface area (Å²) in [6, 6.07) is 3.44. The molecule has 2 aromatic rings. The molecule has 0 bridgehead atoms. The van der Waals surface area contributed by atoms with Crippen LogP contribution in [-0.2, 0) is 0 Å². The molecule has 0 amide bonds. The van der Waals surface area contributed by atoms with Crippen molar-refractivity contribution < 1.29 is 8.78 Å². The van der Waals surface area contributed by atoms with Crippen molar-refractivity contribution >= 4 is 0 Å². The average Bonchev–Trinajstić information content (AvgIpc) is 2.78. The summed E-state index contributed by atoms with van der Waals surface area (Å²) < 4.78 is 28.1. The van der Waals surface area contributed by atoms with Gasteiger partial charge in [0.25, 0.3) is 0 Å². The van der Waals surface area contributed by atoms with Gasteiger partial charge in [-0.3, -0.25) is 0 Å². The van der Waals surface area contributed by atoms with Crippen molar-refractivity contribution in [2.75, 3.05) is 6.54 Å². The van der Waals surface area contributed by atoms with Gasteiger partial charge in [0.05, 0.1) is 11.7 Å². The van der Waals surface area contributed by atoms with E-state index in [1.54, 1.807) is 0 Å². The van der Waals surface area contributed by atoms with E-state index in [0.29, 0.717) is 0 Å². The van der Waals surface area contributed by atoms with Crippen LogP contribution in [0.4, 0.5) is 8.78 Å². The van der Waals surface area contributed by atoms with Gasteiger partial charge in [-0.2, -0.15) is 0 Å². The van der Waals surface area contributed by atoms with E-state index in [-0.39, 0.29) is 11.7 Å². The number of benzene rings is 1. The molecule has 0 radical (unpaired) electrons. The molecule has 0 aliphatic carbocycles. The largest absolute Gasteiger partial charge is 0.309 e. The fourth-order valence-corrected chi connectivity index (χ4v) is 2.08. The zero-order chi connectivity index (χ0) is 14.7. The molecule has 4 nitrogen and oxygen atoms in total. The molecule has 1 unspecified atom stereocenters. The fraction of sp³-hybridized carbons (Fsp3) is 0.429. The Morgan fingerprint density at radius 3 is 2.75 bits per heavy atom. The second-order valence-electron chi connectivity index (χ2n) is 4.74. The maximum atomic E-state index is 13.8. The second-order valence-corrected chi connectivity index (χ2v) is 4.74. The summed E-state index contributed by atoms with van der Waals surface area (Å²) >= 11 is 0. The van der Waals surface area contributed by atoms with Crippen molar-refractivity contribution in [3.05, 3.63) is 41.2 Å². The third-order valence-electron chi connectivity index (χ3n) is 3.18. The summed E-state index contributed by atoms with van der Waals surface area (Å²) in [4.78, 5) is 0. The highest BCUT2D eigenvalue weighted by Gasteiger charge is 2.17. The van der Waals surface area contributed by atoms with Gasteiger partial charge in [-0.1, -0.05) is 12.1 Å². The van der Waals surface area contributed by atoms with E-state index in [2.05, 4.69) is 22.6 Å². The number of nitrogens with zero attached hydrogens (tertiary/aromatic N) is 3. The van der Waals surface area contributed by atoms with Crippen LogP contribution in [0.5, 0.6) is 0 Å². The maximum Gasteiger partial charge on any atom is 0.151 e. The predicted molar refractivity (Wildman–Crippen MR) is 72.7 cm³/mol. The summed E-state index contributed by atoms with van der Waals surface area (Å²) in [7, 11) is 0. The Kier molecular flexibility index (Phi) is 4.44. The van der Waals surface area contributed by atoms with E-state index in [1.807, 2.05) is 13.8 Å². The highest BCUT2D eigenvalue weighted by Crippen LogP contribution is 2.20. The van der Waals surface area contributed by atoms with Crippen molar-refractivity contribution in [1.82, 2.24) is 20.3 Å². The van der Waals surface area contributed by atoms with Crippen molar-refractivity contribution in [3.63, 3.8) is 0 Å². The smallest absolute Gasteiger partial charge is 0.151 e. The van der Waals surface area contributed by atoms with E-state index in [4.69, 9.17) is 0 Å². The highest BCUT2D eigenvalue weighted by atomic mass is 19.1. The molecule has 1 aromatic heterocycles. The summed E-state index contributed by atoms with van der Waals surface area (Å²) in [5, 5.41) is 11.4. The van der Waals surface area contributed by atoms with Crippen LogP contribution in [0, 0.1) is 18.6 Å². The molecular weight excluding hydrogens is 262 g/mol. The third-order valence-corrected chi connectivity index (χ3v) is 3.18. The van der Waals surface area contributed by atoms with Crippen LogP contribution in [0.25, 0.3) is 5.69 Å². The number of halogens is 2. The van der Waals surface area contributed by atoms with Crippen LogP contribution in [-0.4, -0.2) is 21.5 Å². The van der Waals surface area contributed by atoms with Gasteiger partial charge in [0.2, 0.25) is 0 Å². The number of hydrogen-bond donors (Lipinski definition) is 1. The second kappa shape index (κ2) is 6.09. The number of rotatable bonds is 5. The average molecular weight is 280 g/mol. The molecule has 0 fully saturated rings. The molecule has 1 aromatic carbocycles. The minimum Gasteiger partial charge on any atom is -0.309 e. The lowest BCUT2D eigenvalue weighted by Gasteiger charge is -2.11. The first kappa shape index (κ1) is 14.6. The molecular formula is C14H18F2N4. The van der Waals surface area contributed by atoms with E-state index in [1.165, 1.54) is 16.8 Å².